The summed E-state index contributed by atoms with van der Waals surface area (Å²) >= 11 is 0. The number of allylic oxidation sites excluding steroid dienone is 1. The Bertz CT molecular complexity index is 863. The minimum Gasteiger partial charge on any atom is -0.492 e. The molecule has 0 aromatic carbocycles. The van der Waals surface area contributed by atoms with Crippen molar-refractivity contribution in [2.24, 2.45) is 16.8 Å². The lowest BCUT2D eigenvalue weighted by atomic mass is 9.95. The molecule has 6 nitrogen and oxygen atoms in total. The molecule has 0 saturated heterocycles. The zero-order chi connectivity index (χ0) is 16.1. The number of aromatic nitrogens is 3. The van der Waals surface area contributed by atoms with Crippen LogP contribution in [-0.2, 0) is 0 Å². The topological polar surface area (TPSA) is 86.2 Å². The molecule has 0 unspecified atom stereocenters. The molecule has 0 amide bonds. The van der Waals surface area contributed by atoms with Gasteiger partial charge in [0.15, 0.2) is 5.82 Å². The molecule has 8 heteroatoms. The normalized spacial score (nSPS) is 26.5. The van der Waals surface area contributed by atoms with Gasteiger partial charge in [-0.05, 0) is 49.3 Å². The number of pyridine rings is 1. The zero-order valence-electron chi connectivity index (χ0n) is 14.1. The van der Waals surface area contributed by atoms with Gasteiger partial charge in [0, 0.05) is 29.6 Å². The molecule has 3 heterocycles. The van der Waals surface area contributed by atoms with Crippen molar-refractivity contribution in [2.45, 2.75) is 31.7 Å². The van der Waals surface area contributed by atoms with Gasteiger partial charge in [-0.3, -0.25) is 0 Å². The van der Waals surface area contributed by atoms with Crippen molar-refractivity contribution < 1.29 is 5.11 Å². The average Bonchev–Trinajstić information content (AvgIpc) is 3.34. The minimum atomic E-state index is 0. The standard InChI is InChI=1S/C18H19N5O.2ClH/c24-17-15(8-12-9-20-16-13(12)2-1-5-19-16)22-18(23-17)21-14-7-10-3-4-11(14)6-10;;/h1-2,5,8-11,14,24H,3-4,6-7H2,(H2,21,22,23);2*1H/t10-,11+,14-;;/m1../s1. The molecule has 0 radical (unpaired) electrons. The maximum atomic E-state index is 10.2. The van der Waals surface area contributed by atoms with Crippen molar-refractivity contribution in [1.29, 1.82) is 0 Å². The summed E-state index contributed by atoms with van der Waals surface area (Å²) in [6.45, 7) is 0. The van der Waals surface area contributed by atoms with E-state index in [9.17, 15) is 5.11 Å². The first-order chi connectivity index (χ1) is 11.8. The van der Waals surface area contributed by atoms with Crippen molar-refractivity contribution in [3.8, 4) is 5.88 Å². The fourth-order valence-electron chi connectivity index (χ4n) is 4.34. The van der Waals surface area contributed by atoms with Crippen LogP contribution in [0.5, 0.6) is 5.88 Å². The highest BCUT2D eigenvalue weighted by Crippen LogP contribution is 2.45. The number of hydrogen-bond acceptors (Lipinski definition) is 5. The minimum absolute atomic E-state index is 0. The Morgan fingerprint density at radius 3 is 2.88 bits per heavy atom. The largest absolute Gasteiger partial charge is 0.492 e. The Hall–Kier alpha value is -2.05. The fourth-order valence-corrected chi connectivity index (χ4v) is 4.34. The molecule has 2 bridgehead atoms. The SMILES string of the molecule is Cl.Cl.Oc1nc(N[C@@H]2C[C@@H]3CC[C@H]2C3)[nH]c1C=C1C=Nc2ncccc21. The van der Waals surface area contributed by atoms with Gasteiger partial charge in [-0.1, -0.05) is 6.42 Å². The molecule has 2 aliphatic carbocycles. The Morgan fingerprint density at radius 2 is 2.12 bits per heavy atom. The molecule has 0 spiro atoms. The van der Waals surface area contributed by atoms with Gasteiger partial charge in [0.25, 0.3) is 0 Å². The van der Waals surface area contributed by atoms with E-state index in [1.807, 2.05) is 18.2 Å². The number of aliphatic imine (C=N–C) groups is 1. The Balaban J connectivity index is 0.000000980. The third-order valence-electron chi connectivity index (χ3n) is 5.50. The lowest BCUT2D eigenvalue weighted by Gasteiger charge is -2.22. The molecule has 2 aromatic heterocycles. The smallest absolute Gasteiger partial charge is 0.238 e. The fraction of sp³-hybridized carbons (Fsp3) is 0.389. The van der Waals surface area contributed by atoms with Crippen LogP contribution in [0.4, 0.5) is 11.8 Å². The van der Waals surface area contributed by atoms with E-state index in [0.29, 0.717) is 23.5 Å². The first-order valence-corrected chi connectivity index (χ1v) is 8.53. The first kappa shape index (κ1) is 18.7. The van der Waals surface area contributed by atoms with Crippen LogP contribution in [0.25, 0.3) is 11.6 Å². The molecule has 3 atom stereocenters. The van der Waals surface area contributed by atoms with E-state index in [1.165, 1.54) is 25.7 Å². The second-order valence-electron chi connectivity index (χ2n) is 6.98. The van der Waals surface area contributed by atoms with Gasteiger partial charge in [-0.15, -0.1) is 24.8 Å². The lowest BCUT2D eigenvalue weighted by Crippen LogP contribution is -2.26. The number of aromatic amines is 1. The highest BCUT2D eigenvalue weighted by molar-refractivity contribution is 6.20. The van der Waals surface area contributed by atoms with Crippen LogP contribution < -0.4 is 5.32 Å². The van der Waals surface area contributed by atoms with Gasteiger partial charge in [0.2, 0.25) is 11.8 Å². The lowest BCUT2D eigenvalue weighted by molar-refractivity contribution is 0.436. The molecule has 2 fully saturated rings. The van der Waals surface area contributed by atoms with Gasteiger partial charge in [-0.25, -0.2) is 9.98 Å². The molecule has 26 heavy (non-hydrogen) atoms. The van der Waals surface area contributed by atoms with Crippen LogP contribution >= 0.6 is 24.8 Å². The van der Waals surface area contributed by atoms with Crippen molar-refractivity contribution in [3.63, 3.8) is 0 Å². The second-order valence-corrected chi connectivity index (χ2v) is 6.98. The third kappa shape index (κ3) is 3.19. The number of hydrogen-bond donors (Lipinski definition) is 3. The van der Waals surface area contributed by atoms with E-state index >= 15 is 0 Å². The van der Waals surface area contributed by atoms with Crippen LogP contribution in [0.3, 0.4) is 0 Å². The van der Waals surface area contributed by atoms with E-state index in [-0.39, 0.29) is 30.7 Å². The average molecular weight is 394 g/mol. The van der Waals surface area contributed by atoms with Crippen molar-refractivity contribution in [3.05, 3.63) is 29.6 Å². The quantitative estimate of drug-likeness (QED) is 0.728. The molecule has 138 valence electrons. The number of anilines is 1. The summed E-state index contributed by atoms with van der Waals surface area (Å²) < 4.78 is 0. The van der Waals surface area contributed by atoms with Crippen LogP contribution in [0.1, 0.15) is 36.9 Å². The highest BCUT2D eigenvalue weighted by atomic mass is 35.5. The molecule has 1 aliphatic heterocycles. The maximum absolute atomic E-state index is 10.2. The summed E-state index contributed by atoms with van der Waals surface area (Å²) in [4.78, 5) is 16.0. The summed E-state index contributed by atoms with van der Waals surface area (Å²) in [6.07, 6.45) is 10.6. The van der Waals surface area contributed by atoms with Gasteiger partial charge < -0.3 is 15.4 Å². The molecular formula is C18H21Cl2N5O. The number of rotatable bonds is 3. The first-order valence-electron chi connectivity index (χ1n) is 8.53. The second kappa shape index (κ2) is 7.29. The van der Waals surface area contributed by atoms with Gasteiger partial charge in [-0.2, -0.15) is 4.98 Å². The molecule has 2 saturated carbocycles. The number of imidazole rings is 1. The number of aromatic hydroxyl groups is 1. The molecular weight excluding hydrogens is 373 g/mol. The number of halogens is 2. The Labute approximate surface area is 164 Å². The van der Waals surface area contributed by atoms with Crippen LogP contribution in [0.15, 0.2) is 23.3 Å². The monoisotopic (exact) mass is 393 g/mol. The van der Waals surface area contributed by atoms with Crippen LogP contribution in [0, 0.1) is 11.8 Å². The zero-order valence-corrected chi connectivity index (χ0v) is 15.7. The maximum Gasteiger partial charge on any atom is 0.238 e. The van der Waals surface area contributed by atoms with E-state index in [4.69, 9.17) is 0 Å². The molecule has 2 aromatic rings. The summed E-state index contributed by atoms with van der Waals surface area (Å²) in [6, 6.07) is 4.34. The summed E-state index contributed by atoms with van der Waals surface area (Å²) in [7, 11) is 0. The number of nitrogens with zero attached hydrogens (tertiary/aromatic N) is 3. The predicted octanol–water partition coefficient (Wildman–Crippen LogP) is 4.21. The predicted molar refractivity (Wildman–Crippen MR) is 108 cm³/mol. The van der Waals surface area contributed by atoms with E-state index < -0.39 is 0 Å². The molecule has 3 N–H and O–H groups in total. The van der Waals surface area contributed by atoms with Gasteiger partial charge >= 0.3 is 0 Å². The summed E-state index contributed by atoms with van der Waals surface area (Å²) in [5.41, 5.74) is 2.48. The van der Waals surface area contributed by atoms with E-state index in [1.54, 1.807) is 12.4 Å². The Kier molecular flexibility index (Phi) is 5.25. The number of nitrogens with one attached hydrogen (secondary N) is 2. The van der Waals surface area contributed by atoms with E-state index in [2.05, 4.69) is 25.3 Å². The third-order valence-corrected chi connectivity index (χ3v) is 5.50. The summed E-state index contributed by atoms with van der Waals surface area (Å²) in [5.74, 6) is 3.00. The van der Waals surface area contributed by atoms with Crippen molar-refractivity contribution >= 4 is 54.4 Å². The van der Waals surface area contributed by atoms with Gasteiger partial charge in [0.1, 0.15) is 5.69 Å². The summed E-state index contributed by atoms with van der Waals surface area (Å²) in [5, 5.41) is 13.6. The molecule has 3 aliphatic rings. The number of H-pyrrole nitrogens is 1. The van der Waals surface area contributed by atoms with E-state index in [0.717, 1.165) is 23.0 Å². The Morgan fingerprint density at radius 1 is 1.23 bits per heavy atom. The van der Waals surface area contributed by atoms with Gasteiger partial charge in [0.05, 0.1) is 0 Å². The van der Waals surface area contributed by atoms with Crippen molar-refractivity contribution in [1.82, 2.24) is 15.0 Å². The molecule has 5 rings (SSSR count). The van der Waals surface area contributed by atoms with Crippen LogP contribution in [-0.4, -0.2) is 32.3 Å². The van der Waals surface area contributed by atoms with Crippen molar-refractivity contribution in [2.75, 3.05) is 5.32 Å². The highest BCUT2D eigenvalue weighted by Gasteiger charge is 2.39. The van der Waals surface area contributed by atoms with Crippen LogP contribution in [0.2, 0.25) is 0 Å². The number of fused-ring (bicyclic) bond motifs is 3.